The maximum Gasteiger partial charge on any atom is 0.214 e. The Kier molecular flexibility index (Phi) is 5.21. The molecule has 1 heterocycles. The summed E-state index contributed by atoms with van der Waals surface area (Å²) >= 11 is 0. The molecule has 0 amide bonds. The summed E-state index contributed by atoms with van der Waals surface area (Å²) in [5.74, 6) is 1.19. The Morgan fingerprint density at radius 2 is 2.06 bits per heavy atom. The number of nitrogens with zero attached hydrogens (tertiary/aromatic N) is 1. The average molecular weight is 248 g/mol. The first kappa shape index (κ1) is 13.9. The molecule has 0 radical (unpaired) electrons. The SMILES string of the molecule is CCCCS(=O)(=O)N1C[C@@H](CCN)[C@H](C)C1. The van der Waals surface area contributed by atoms with Gasteiger partial charge in [0.05, 0.1) is 5.75 Å². The summed E-state index contributed by atoms with van der Waals surface area (Å²) in [7, 11) is -3.01. The van der Waals surface area contributed by atoms with E-state index in [2.05, 4.69) is 6.92 Å². The summed E-state index contributed by atoms with van der Waals surface area (Å²) in [5, 5.41) is 0. The first-order chi connectivity index (χ1) is 7.51. The lowest BCUT2D eigenvalue weighted by Gasteiger charge is -2.16. The third-order valence-corrected chi connectivity index (χ3v) is 5.31. The summed E-state index contributed by atoms with van der Waals surface area (Å²) in [6.07, 6.45) is 2.62. The molecule has 0 saturated carbocycles. The van der Waals surface area contributed by atoms with Crippen LogP contribution in [0, 0.1) is 11.8 Å². The van der Waals surface area contributed by atoms with E-state index in [-0.39, 0.29) is 0 Å². The number of sulfonamides is 1. The Balaban J connectivity index is 2.56. The Morgan fingerprint density at radius 3 is 2.62 bits per heavy atom. The fourth-order valence-electron chi connectivity index (χ4n) is 2.26. The van der Waals surface area contributed by atoms with Gasteiger partial charge in [0.25, 0.3) is 0 Å². The topological polar surface area (TPSA) is 63.4 Å². The molecule has 1 fully saturated rings. The van der Waals surface area contributed by atoms with Crippen LogP contribution in [0.2, 0.25) is 0 Å². The van der Waals surface area contributed by atoms with Crippen molar-refractivity contribution in [2.24, 2.45) is 17.6 Å². The van der Waals surface area contributed by atoms with Gasteiger partial charge in [-0.3, -0.25) is 0 Å². The fourth-order valence-corrected chi connectivity index (χ4v) is 4.05. The highest BCUT2D eigenvalue weighted by atomic mass is 32.2. The Hall–Kier alpha value is -0.130. The zero-order chi connectivity index (χ0) is 12.2. The molecule has 0 aliphatic carbocycles. The largest absolute Gasteiger partial charge is 0.330 e. The number of rotatable bonds is 6. The summed E-state index contributed by atoms with van der Waals surface area (Å²) < 4.78 is 25.6. The fraction of sp³-hybridized carbons (Fsp3) is 1.00. The molecule has 0 aromatic heterocycles. The van der Waals surface area contributed by atoms with Crippen LogP contribution in [-0.2, 0) is 10.0 Å². The molecule has 0 bridgehead atoms. The summed E-state index contributed by atoms with van der Waals surface area (Å²) in [6, 6.07) is 0. The average Bonchev–Trinajstić information content (AvgIpc) is 2.59. The maximum absolute atomic E-state index is 12.0. The van der Waals surface area contributed by atoms with Gasteiger partial charge in [-0.1, -0.05) is 20.3 Å². The van der Waals surface area contributed by atoms with Crippen LogP contribution in [0.5, 0.6) is 0 Å². The Morgan fingerprint density at radius 1 is 1.38 bits per heavy atom. The molecule has 2 atom stereocenters. The van der Waals surface area contributed by atoms with Crippen LogP contribution in [0.15, 0.2) is 0 Å². The van der Waals surface area contributed by atoms with E-state index in [9.17, 15) is 8.42 Å². The van der Waals surface area contributed by atoms with E-state index in [1.54, 1.807) is 4.31 Å². The molecule has 16 heavy (non-hydrogen) atoms. The quantitative estimate of drug-likeness (QED) is 0.763. The lowest BCUT2D eigenvalue weighted by Crippen LogP contribution is -2.31. The molecular formula is C11H24N2O2S. The molecule has 2 N–H and O–H groups in total. The molecule has 96 valence electrons. The lowest BCUT2D eigenvalue weighted by molar-refractivity contribution is 0.424. The van der Waals surface area contributed by atoms with Crippen LogP contribution >= 0.6 is 0 Å². The number of unbranched alkanes of at least 4 members (excludes halogenated alkanes) is 1. The van der Waals surface area contributed by atoms with Gasteiger partial charge in [0, 0.05) is 13.1 Å². The van der Waals surface area contributed by atoms with Crippen molar-refractivity contribution < 1.29 is 8.42 Å². The van der Waals surface area contributed by atoms with Crippen LogP contribution in [0.4, 0.5) is 0 Å². The molecule has 0 spiro atoms. The van der Waals surface area contributed by atoms with Crippen LogP contribution in [0.1, 0.15) is 33.1 Å². The second-order valence-corrected chi connectivity index (χ2v) is 6.89. The molecule has 0 aromatic carbocycles. The van der Waals surface area contributed by atoms with Crippen LogP contribution in [-0.4, -0.2) is 38.1 Å². The van der Waals surface area contributed by atoms with Gasteiger partial charge in [-0.2, -0.15) is 0 Å². The minimum atomic E-state index is -3.01. The van der Waals surface area contributed by atoms with Crippen molar-refractivity contribution in [1.82, 2.24) is 4.31 Å². The van der Waals surface area contributed by atoms with Gasteiger partial charge in [0.15, 0.2) is 0 Å². The van der Waals surface area contributed by atoms with Crippen LogP contribution in [0.3, 0.4) is 0 Å². The van der Waals surface area contributed by atoms with Crippen molar-refractivity contribution in [3.05, 3.63) is 0 Å². The van der Waals surface area contributed by atoms with Gasteiger partial charge in [0.2, 0.25) is 10.0 Å². The molecule has 1 saturated heterocycles. The van der Waals surface area contributed by atoms with E-state index in [1.165, 1.54) is 0 Å². The van der Waals surface area contributed by atoms with Gasteiger partial charge in [-0.15, -0.1) is 0 Å². The van der Waals surface area contributed by atoms with E-state index in [0.717, 1.165) is 19.3 Å². The maximum atomic E-state index is 12.0. The first-order valence-corrected chi connectivity index (χ1v) is 7.80. The summed E-state index contributed by atoms with van der Waals surface area (Å²) in [6.45, 7) is 6.13. The number of hydrogen-bond donors (Lipinski definition) is 1. The van der Waals surface area contributed by atoms with Crippen molar-refractivity contribution in [3.8, 4) is 0 Å². The van der Waals surface area contributed by atoms with Crippen molar-refractivity contribution in [3.63, 3.8) is 0 Å². The standard InChI is InChI=1S/C11H24N2O2S/c1-3-4-7-16(14,15)13-8-10(2)11(9-13)5-6-12/h10-11H,3-9,12H2,1-2H3/t10-,11-/m1/s1. The minimum absolute atomic E-state index is 0.297. The Bertz CT molecular complexity index is 303. The van der Waals surface area contributed by atoms with E-state index < -0.39 is 10.0 Å². The highest BCUT2D eigenvalue weighted by molar-refractivity contribution is 7.89. The lowest BCUT2D eigenvalue weighted by atomic mass is 9.95. The first-order valence-electron chi connectivity index (χ1n) is 6.19. The van der Waals surface area contributed by atoms with Crippen LogP contribution in [0.25, 0.3) is 0 Å². The molecule has 4 nitrogen and oxygen atoms in total. The smallest absolute Gasteiger partial charge is 0.214 e. The van der Waals surface area contributed by atoms with Gasteiger partial charge < -0.3 is 5.73 Å². The molecule has 0 unspecified atom stereocenters. The minimum Gasteiger partial charge on any atom is -0.330 e. The highest BCUT2D eigenvalue weighted by Crippen LogP contribution is 2.27. The third-order valence-electron chi connectivity index (χ3n) is 3.42. The highest BCUT2D eigenvalue weighted by Gasteiger charge is 2.35. The molecule has 1 rings (SSSR count). The molecule has 0 aromatic rings. The van der Waals surface area contributed by atoms with Crippen molar-refractivity contribution in [2.45, 2.75) is 33.1 Å². The van der Waals surface area contributed by atoms with Crippen molar-refractivity contribution >= 4 is 10.0 Å². The molecular weight excluding hydrogens is 224 g/mol. The number of nitrogens with two attached hydrogens (primary N) is 1. The second-order valence-electron chi connectivity index (χ2n) is 4.80. The van der Waals surface area contributed by atoms with Gasteiger partial charge in [-0.05, 0) is 31.2 Å². The molecule has 5 heteroatoms. The van der Waals surface area contributed by atoms with Crippen molar-refractivity contribution in [1.29, 1.82) is 0 Å². The van der Waals surface area contributed by atoms with Crippen molar-refractivity contribution in [2.75, 3.05) is 25.4 Å². The van der Waals surface area contributed by atoms with E-state index in [1.807, 2.05) is 6.92 Å². The third kappa shape index (κ3) is 3.43. The zero-order valence-corrected chi connectivity index (χ0v) is 11.2. The molecule has 1 aliphatic rings. The van der Waals surface area contributed by atoms with Gasteiger partial charge in [0.1, 0.15) is 0 Å². The van der Waals surface area contributed by atoms with Gasteiger partial charge >= 0.3 is 0 Å². The Labute approximate surface area is 99.2 Å². The summed E-state index contributed by atoms with van der Waals surface area (Å²) in [4.78, 5) is 0. The predicted molar refractivity (Wildman–Crippen MR) is 66.6 cm³/mol. The van der Waals surface area contributed by atoms with Gasteiger partial charge in [-0.25, -0.2) is 12.7 Å². The normalized spacial score (nSPS) is 27.4. The van der Waals surface area contributed by atoms with E-state index >= 15 is 0 Å². The predicted octanol–water partition coefficient (Wildman–Crippen LogP) is 1.03. The zero-order valence-electron chi connectivity index (χ0n) is 10.4. The summed E-state index contributed by atoms with van der Waals surface area (Å²) in [5.41, 5.74) is 5.54. The van der Waals surface area contributed by atoms with Crippen LogP contribution < -0.4 is 5.73 Å². The molecule has 1 aliphatic heterocycles. The second kappa shape index (κ2) is 5.98. The van der Waals surface area contributed by atoms with E-state index in [4.69, 9.17) is 5.73 Å². The number of hydrogen-bond acceptors (Lipinski definition) is 3. The monoisotopic (exact) mass is 248 g/mol. The van der Waals surface area contributed by atoms with E-state index in [0.29, 0.717) is 37.2 Å².